The van der Waals surface area contributed by atoms with Gasteiger partial charge in [-0.2, -0.15) is 0 Å². The topological polar surface area (TPSA) is 72.9 Å². The Labute approximate surface area is 146 Å². The Morgan fingerprint density at radius 3 is 1.40 bits per heavy atom. The summed E-state index contributed by atoms with van der Waals surface area (Å²) in [4.78, 5) is 37.8. The molecule has 0 spiro atoms. The molecule has 0 aromatic heterocycles. The van der Waals surface area contributed by atoms with Crippen molar-refractivity contribution in [1.29, 1.82) is 0 Å². The average molecular weight is 341 g/mol. The average Bonchev–Trinajstić information content (AvgIpc) is 2.56. The molecule has 2 aromatic rings. The van der Waals surface area contributed by atoms with Crippen LogP contribution < -0.4 is 9.47 Å². The molecule has 0 N–H and O–H groups in total. The van der Waals surface area contributed by atoms with Crippen LogP contribution in [0.15, 0.2) is 60.7 Å². The lowest BCUT2D eigenvalue weighted by atomic mass is 9.95. The number of rotatable bonds is 2. The number of para-hydroxylation sites is 2. The number of amides is 3. The van der Waals surface area contributed by atoms with Gasteiger partial charge in [0.2, 0.25) is 5.91 Å². The van der Waals surface area contributed by atoms with Crippen LogP contribution >= 0.6 is 0 Å². The fourth-order valence-electron chi connectivity index (χ4n) is 1.85. The van der Waals surface area contributed by atoms with Crippen LogP contribution in [0.5, 0.6) is 11.5 Å². The van der Waals surface area contributed by atoms with Gasteiger partial charge in [0.05, 0.1) is 0 Å². The Balaban J connectivity index is 2.24. The van der Waals surface area contributed by atoms with E-state index in [1.807, 2.05) is 0 Å². The number of carbonyl (C=O) groups excluding carboxylic acids is 3. The van der Waals surface area contributed by atoms with Crippen LogP contribution in [0.4, 0.5) is 9.59 Å². The van der Waals surface area contributed by atoms with Crippen molar-refractivity contribution in [1.82, 2.24) is 4.90 Å². The molecule has 0 bridgehead atoms. The van der Waals surface area contributed by atoms with E-state index in [2.05, 4.69) is 0 Å². The minimum absolute atomic E-state index is 0.215. The molecule has 6 heteroatoms. The van der Waals surface area contributed by atoms with E-state index in [4.69, 9.17) is 9.47 Å². The van der Waals surface area contributed by atoms with E-state index in [-0.39, 0.29) is 11.5 Å². The largest absolute Gasteiger partial charge is 0.431 e. The fraction of sp³-hybridized carbons (Fsp3) is 0.211. The predicted molar refractivity (Wildman–Crippen MR) is 91.2 cm³/mol. The summed E-state index contributed by atoms with van der Waals surface area (Å²) in [6, 6.07) is 16.3. The zero-order valence-corrected chi connectivity index (χ0v) is 14.3. The highest BCUT2D eigenvalue weighted by atomic mass is 16.6. The fourth-order valence-corrected chi connectivity index (χ4v) is 1.85. The molecule has 0 fully saturated rings. The molecule has 6 nitrogen and oxygen atoms in total. The monoisotopic (exact) mass is 341 g/mol. The molecule has 0 unspecified atom stereocenters. The molecule has 0 aliphatic rings. The van der Waals surface area contributed by atoms with Gasteiger partial charge >= 0.3 is 12.2 Å². The number of imide groups is 3. The molecule has 130 valence electrons. The smallest absolute Gasteiger partial charge is 0.410 e. The normalized spacial score (nSPS) is 10.7. The van der Waals surface area contributed by atoms with Gasteiger partial charge in [-0.3, -0.25) is 4.79 Å². The molecule has 0 radical (unpaired) electrons. The Bertz CT molecular complexity index is 697. The van der Waals surface area contributed by atoms with Crippen LogP contribution in [0.3, 0.4) is 0 Å². The molecular weight excluding hydrogens is 322 g/mol. The molecular formula is C19H19NO5. The number of carbonyl (C=O) groups is 3. The van der Waals surface area contributed by atoms with E-state index in [0.29, 0.717) is 4.90 Å². The standard InChI is InChI=1S/C19H19NO5/c1-19(2,3)16(21)20(17(22)24-14-10-6-4-7-11-14)18(23)25-15-12-8-5-9-13-15/h4-13H,1-3H3. The van der Waals surface area contributed by atoms with E-state index < -0.39 is 23.5 Å². The molecule has 0 atom stereocenters. The molecule has 0 aliphatic heterocycles. The third-order valence-electron chi connectivity index (χ3n) is 3.11. The number of ether oxygens (including phenoxy) is 2. The second kappa shape index (κ2) is 7.61. The first kappa shape index (κ1) is 18.2. The molecule has 25 heavy (non-hydrogen) atoms. The minimum Gasteiger partial charge on any atom is -0.410 e. The molecule has 0 aliphatic carbocycles. The predicted octanol–water partition coefficient (Wildman–Crippen LogP) is 4.26. The number of hydrogen-bond donors (Lipinski definition) is 0. The van der Waals surface area contributed by atoms with Crippen molar-refractivity contribution >= 4 is 18.1 Å². The van der Waals surface area contributed by atoms with Crippen LogP contribution in [0, 0.1) is 5.41 Å². The summed E-state index contributed by atoms with van der Waals surface area (Å²) in [6.45, 7) is 4.77. The van der Waals surface area contributed by atoms with Gasteiger partial charge in [-0.05, 0) is 24.3 Å². The first-order chi connectivity index (χ1) is 11.8. The first-order valence-corrected chi connectivity index (χ1v) is 7.67. The Hall–Kier alpha value is -3.15. The highest BCUT2D eigenvalue weighted by molar-refractivity contribution is 6.08. The van der Waals surface area contributed by atoms with Crippen molar-refractivity contribution in [3.63, 3.8) is 0 Å². The van der Waals surface area contributed by atoms with E-state index in [1.54, 1.807) is 81.4 Å². The maximum absolute atomic E-state index is 12.6. The maximum atomic E-state index is 12.6. The molecule has 2 rings (SSSR count). The Kier molecular flexibility index (Phi) is 5.54. The lowest BCUT2D eigenvalue weighted by molar-refractivity contribution is -0.134. The highest BCUT2D eigenvalue weighted by Crippen LogP contribution is 2.21. The van der Waals surface area contributed by atoms with Crippen LogP contribution in [0.2, 0.25) is 0 Å². The van der Waals surface area contributed by atoms with Gasteiger partial charge in [0, 0.05) is 5.41 Å². The summed E-state index contributed by atoms with van der Waals surface area (Å²) in [5.74, 6) is -0.298. The number of benzene rings is 2. The zero-order valence-electron chi connectivity index (χ0n) is 14.3. The van der Waals surface area contributed by atoms with Gasteiger partial charge in [-0.25, -0.2) is 9.59 Å². The SMILES string of the molecule is CC(C)(C)C(=O)N(C(=O)Oc1ccccc1)C(=O)Oc1ccccc1. The summed E-state index contributed by atoms with van der Waals surface area (Å²) in [5.41, 5.74) is -0.981. The van der Waals surface area contributed by atoms with E-state index in [9.17, 15) is 14.4 Å². The lowest BCUT2D eigenvalue weighted by Crippen LogP contribution is -2.49. The van der Waals surface area contributed by atoms with Gasteiger partial charge in [0.1, 0.15) is 11.5 Å². The molecule has 0 saturated heterocycles. The molecule has 0 saturated carbocycles. The van der Waals surface area contributed by atoms with Crippen molar-refractivity contribution in [3.8, 4) is 11.5 Å². The van der Waals surface area contributed by atoms with Crippen molar-refractivity contribution < 1.29 is 23.9 Å². The number of hydrogen-bond acceptors (Lipinski definition) is 5. The van der Waals surface area contributed by atoms with Crippen LogP contribution in [0.25, 0.3) is 0 Å². The van der Waals surface area contributed by atoms with Crippen LogP contribution in [0.1, 0.15) is 20.8 Å². The van der Waals surface area contributed by atoms with Crippen molar-refractivity contribution in [2.45, 2.75) is 20.8 Å². The van der Waals surface area contributed by atoms with E-state index >= 15 is 0 Å². The third-order valence-corrected chi connectivity index (χ3v) is 3.11. The summed E-state index contributed by atoms with van der Waals surface area (Å²) in [7, 11) is 0. The summed E-state index contributed by atoms with van der Waals surface area (Å²) < 4.78 is 10.2. The first-order valence-electron chi connectivity index (χ1n) is 7.67. The van der Waals surface area contributed by atoms with E-state index in [0.717, 1.165) is 0 Å². The minimum atomic E-state index is -1.12. The summed E-state index contributed by atoms with van der Waals surface area (Å²) >= 11 is 0. The van der Waals surface area contributed by atoms with Crippen molar-refractivity contribution in [3.05, 3.63) is 60.7 Å². The lowest BCUT2D eigenvalue weighted by Gasteiger charge is -2.25. The van der Waals surface area contributed by atoms with Crippen molar-refractivity contribution in [2.24, 2.45) is 5.41 Å². The quantitative estimate of drug-likeness (QED) is 0.816. The van der Waals surface area contributed by atoms with Gasteiger partial charge in [-0.1, -0.05) is 57.2 Å². The Morgan fingerprint density at radius 1 is 0.720 bits per heavy atom. The van der Waals surface area contributed by atoms with Crippen LogP contribution in [-0.2, 0) is 4.79 Å². The van der Waals surface area contributed by atoms with Crippen LogP contribution in [-0.4, -0.2) is 23.0 Å². The second-order valence-corrected chi connectivity index (χ2v) is 6.25. The van der Waals surface area contributed by atoms with Crippen molar-refractivity contribution in [2.75, 3.05) is 0 Å². The van der Waals surface area contributed by atoms with Gasteiger partial charge < -0.3 is 9.47 Å². The van der Waals surface area contributed by atoms with Gasteiger partial charge in [-0.15, -0.1) is 4.90 Å². The molecule has 2 aromatic carbocycles. The van der Waals surface area contributed by atoms with E-state index in [1.165, 1.54) is 0 Å². The summed E-state index contributed by atoms with van der Waals surface area (Å²) in [6.07, 6.45) is -2.24. The summed E-state index contributed by atoms with van der Waals surface area (Å²) in [5, 5.41) is 0. The zero-order chi connectivity index (χ0) is 18.4. The highest BCUT2D eigenvalue weighted by Gasteiger charge is 2.39. The Morgan fingerprint density at radius 2 is 1.08 bits per heavy atom. The maximum Gasteiger partial charge on any atom is 0.431 e. The molecule has 0 heterocycles. The third kappa shape index (κ3) is 4.91. The second-order valence-electron chi connectivity index (χ2n) is 6.25. The van der Waals surface area contributed by atoms with Gasteiger partial charge in [0.15, 0.2) is 0 Å². The molecule has 3 amide bonds. The van der Waals surface area contributed by atoms with Gasteiger partial charge in [0.25, 0.3) is 0 Å². The number of nitrogens with zero attached hydrogens (tertiary/aromatic N) is 1.